The molecule has 0 aliphatic rings. The van der Waals surface area contributed by atoms with Crippen molar-refractivity contribution in [1.82, 2.24) is 0 Å². The van der Waals surface area contributed by atoms with E-state index >= 15 is 0 Å². The third-order valence-corrected chi connectivity index (χ3v) is 9.12. The molecule has 0 saturated carbocycles. The SMILES string of the molecule is CCCCCCCCCCCCCCCCCC(=O)OCCOCCOCCOCCOCCOCCOCCOCCOCCOCCOc1ccc(NC(C)=O)cc1. The van der Waals surface area contributed by atoms with Gasteiger partial charge in [0.05, 0.1) is 119 Å². The minimum atomic E-state index is -0.134. The number of hydrogen-bond acceptors (Lipinski definition) is 13. The lowest BCUT2D eigenvalue weighted by Gasteiger charge is -2.09. The van der Waals surface area contributed by atoms with Gasteiger partial charge in [-0.3, -0.25) is 9.59 Å². The summed E-state index contributed by atoms with van der Waals surface area (Å²) < 4.78 is 60.4. The minimum Gasteiger partial charge on any atom is -0.491 e. The van der Waals surface area contributed by atoms with E-state index in [4.69, 9.17) is 52.1 Å². The summed E-state index contributed by atoms with van der Waals surface area (Å²) in [6.45, 7) is 13.0. The molecule has 0 saturated heterocycles. The van der Waals surface area contributed by atoms with E-state index in [1.165, 1.54) is 90.4 Å². The maximum absolute atomic E-state index is 11.9. The summed E-state index contributed by atoms with van der Waals surface area (Å²) in [7, 11) is 0. The highest BCUT2D eigenvalue weighted by Gasteiger charge is 2.03. The molecule has 0 spiro atoms. The Labute approximate surface area is 362 Å². The van der Waals surface area contributed by atoms with E-state index in [1.807, 2.05) is 0 Å². The fraction of sp³-hybridized carbons (Fsp3) is 0.826. The molecule has 0 aromatic heterocycles. The van der Waals surface area contributed by atoms with Crippen LogP contribution in [-0.2, 0) is 57.0 Å². The zero-order valence-electron chi connectivity index (χ0n) is 37.6. The van der Waals surface area contributed by atoms with Gasteiger partial charge in [0.25, 0.3) is 0 Å². The van der Waals surface area contributed by atoms with Gasteiger partial charge in [0.2, 0.25) is 5.91 Å². The van der Waals surface area contributed by atoms with Crippen LogP contribution in [0.25, 0.3) is 0 Å². The molecule has 0 heterocycles. The van der Waals surface area contributed by atoms with E-state index in [1.54, 1.807) is 24.3 Å². The van der Waals surface area contributed by atoms with Gasteiger partial charge in [0.15, 0.2) is 0 Å². The van der Waals surface area contributed by atoms with Crippen LogP contribution < -0.4 is 10.1 Å². The van der Waals surface area contributed by atoms with Crippen LogP contribution >= 0.6 is 0 Å². The fourth-order valence-corrected chi connectivity index (χ4v) is 5.84. The number of nitrogens with one attached hydrogen (secondary N) is 1. The van der Waals surface area contributed by atoms with Crippen molar-refractivity contribution in [1.29, 1.82) is 0 Å². The van der Waals surface area contributed by atoms with Crippen molar-refractivity contribution in [3.63, 3.8) is 0 Å². The summed E-state index contributed by atoms with van der Waals surface area (Å²) in [6.07, 6.45) is 20.2. The van der Waals surface area contributed by atoms with Crippen molar-refractivity contribution < 1.29 is 61.7 Å². The normalized spacial score (nSPS) is 11.3. The molecule has 60 heavy (non-hydrogen) atoms. The van der Waals surface area contributed by atoms with Crippen molar-refractivity contribution in [3.8, 4) is 5.75 Å². The Morgan fingerprint density at radius 2 is 0.700 bits per heavy atom. The molecule has 14 heteroatoms. The summed E-state index contributed by atoms with van der Waals surface area (Å²) >= 11 is 0. The molecular formula is C46H83NO13. The van der Waals surface area contributed by atoms with E-state index in [-0.39, 0.29) is 18.5 Å². The Bertz CT molecular complexity index is 1050. The Kier molecular flexibility index (Phi) is 42.7. The van der Waals surface area contributed by atoms with Crippen molar-refractivity contribution >= 4 is 17.6 Å². The maximum Gasteiger partial charge on any atom is 0.305 e. The van der Waals surface area contributed by atoms with E-state index in [9.17, 15) is 9.59 Å². The van der Waals surface area contributed by atoms with Crippen LogP contribution in [0, 0.1) is 0 Å². The molecule has 0 aliphatic heterocycles. The first-order valence-corrected chi connectivity index (χ1v) is 23.0. The van der Waals surface area contributed by atoms with Crippen molar-refractivity contribution in [2.75, 3.05) is 137 Å². The van der Waals surface area contributed by atoms with Gasteiger partial charge in [-0.15, -0.1) is 0 Å². The van der Waals surface area contributed by atoms with Crippen LogP contribution in [0.3, 0.4) is 0 Å². The van der Waals surface area contributed by atoms with Gasteiger partial charge in [-0.1, -0.05) is 96.8 Å². The molecule has 0 atom stereocenters. The monoisotopic (exact) mass is 858 g/mol. The predicted molar refractivity (Wildman–Crippen MR) is 234 cm³/mol. The van der Waals surface area contributed by atoms with Crippen molar-refractivity contribution in [2.24, 2.45) is 0 Å². The largest absolute Gasteiger partial charge is 0.491 e. The van der Waals surface area contributed by atoms with E-state index in [2.05, 4.69) is 12.2 Å². The molecular weight excluding hydrogens is 774 g/mol. The third-order valence-electron chi connectivity index (χ3n) is 9.12. The Hall–Kier alpha value is -2.40. The van der Waals surface area contributed by atoms with Crippen LogP contribution in [0.4, 0.5) is 5.69 Å². The maximum atomic E-state index is 11.9. The first kappa shape index (κ1) is 55.6. The highest BCUT2D eigenvalue weighted by molar-refractivity contribution is 5.88. The number of esters is 1. The standard InChI is InChI=1S/C46H83NO13/c1-3-4-5-6-7-8-9-10-11-12-13-14-15-16-17-18-46(49)60-42-40-58-38-36-56-34-32-54-30-28-52-26-24-50-23-25-51-27-29-53-31-33-55-35-37-57-39-41-59-45-21-19-44(20-22-45)47-43(2)48/h19-22H,3-18,23-42H2,1-2H3,(H,47,48). The number of carbonyl (C=O) groups excluding carboxylic acids is 2. The van der Waals surface area contributed by atoms with Crippen LogP contribution in [0.15, 0.2) is 24.3 Å². The second-order valence-corrected chi connectivity index (χ2v) is 14.5. The van der Waals surface area contributed by atoms with Crippen LogP contribution in [0.1, 0.15) is 117 Å². The number of anilines is 1. The molecule has 14 nitrogen and oxygen atoms in total. The number of carbonyl (C=O) groups is 2. The van der Waals surface area contributed by atoms with Crippen LogP contribution in [0.2, 0.25) is 0 Å². The minimum absolute atomic E-state index is 0.109. The molecule has 1 aromatic rings. The Balaban J connectivity index is 1.66. The van der Waals surface area contributed by atoms with Gasteiger partial charge in [-0.25, -0.2) is 0 Å². The molecule has 0 aliphatic carbocycles. The third kappa shape index (κ3) is 42.3. The average Bonchev–Trinajstić information content (AvgIpc) is 3.24. The number of benzene rings is 1. The smallest absolute Gasteiger partial charge is 0.305 e. The van der Waals surface area contributed by atoms with Crippen molar-refractivity contribution in [3.05, 3.63) is 24.3 Å². The molecule has 0 radical (unpaired) electrons. The molecule has 0 bridgehead atoms. The molecule has 1 N–H and O–H groups in total. The summed E-state index contributed by atoms with van der Waals surface area (Å²) in [5.41, 5.74) is 0.730. The van der Waals surface area contributed by atoms with E-state index in [0.29, 0.717) is 138 Å². The molecule has 0 unspecified atom stereocenters. The molecule has 0 fully saturated rings. The van der Waals surface area contributed by atoms with Crippen LogP contribution in [-0.4, -0.2) is 144 Å². The Morgan fingerprint density at radius 3 is 1.03 bits per heavy atom. The van der Waals surface area contributed by atoms with E-state index in [0.717, 1.165) is 18.5 Å². The summed E-state index contributed by atoms with van der Waals surface area (Å²) in [6, 6.07) is 7.18. The lowest BCUT2D eigenvalue weighted by molar-refractivity contribution is -0.145. The molecule has 1 amide bonds. The number of unbranched alkanes of at least 4 members (excludes halogenated alkanes) is 14. The molecule has 1 rings (SSSR count). The zero-order chi connectivity index (χ0) is 43.1. The number of rotatable bonds is 48. The van der Waals surface area contributed by atoms with Crippen LogP contribution in [0.5, 0.6) is 5.75 Å². The average molecular weight is 858 g/mol. The number of amides is 1. The lowest BCUT2D eigenvalue weighted by Crippen LogP contribution is -2.15. The fourth-order valence-electron chi connectivity index (χ4n) is 5.84. The predicted octanol–water partition coefficient (Wildman–Crippen LogP) is 7.98. The quantitative estimate of drug-likeness (QED) is 0.0500. The first-order chi connectivity index (χ1) is 29.6. The highest BCUT2D eigenvalue weighted by atomic mass is 16.6. The lowest BCUT2D eigenvalue weighted by atomic mass is 10.0. The summed E-state index contributed by atoms with van der Waals surface area (Å²) in [4.78, 5) is 23.0. The Morgan fingerprint density at radius 1 is 0.400 bits per heavy atom. The number of ether oxygens (including phenoxy) is 11. The second-order valence-electron chi connectivity index (χ2n) is 14.5. The van der Waals surface area contributed by atoms with Gasteiger partial charge < -0.3 is 57.4 Å². The van der Waals surface area contributed by atoms with Gasteiger partial charge in [0, 0.05) is 19.0 Å². The summed E-state index contributed by atoms with van der Waals surface area (Å²) in [5, 5.41) is 2.71. The second kappa shape index (κ2) is 46.1. The van der Waals surface area contributed by atoms with Gasteiger partial charge in [0.1, 0.15) is 19.0 Å². The summed E-state index contributed by atoms with van der Waals surface area (Å²) in [5.74, 6) is 0.472. The molecule has 1 aromatic carbocycles. The number of hydrogen-bond donors (Lipinski definition) is 1. The van der Waals surface area contributed by atoms with Crippen molar-refractivity contribution in [2.45, 2.75) is 117 Å². The highest BCUT2D eigenvalue weighted by Crippen LogP contribution is 2.16. The van der Waals surface area contributed by atoms with Gasteiger partial charge in [-0.2, -0.15) is 0 Å². The van der Waals surface area contributed by atoms with E-state index < -0.39 is 0 Å². The van der Waals surface area contributed by atoms with Gasteiger partial charge in [-0.05, 0) is 30.7 Å². The topological polar surface area (TPSA) is 148 Å². The zero-order valence-corrected chi connectivity index (χ0v) is 37.6. The first-order valence-electron chi connectivity index (χ1n) is 23.0. The van der Waals surface area contributed by atoms with Gasteiger partial charge >= 0.3 is 5.97 Å². The molecule has 350 valence electrons.